The summed E-state index contributed by atoms with van der Waals surface area (Å²) in [7, 11) is 3.08. The fraction of sp³-hybridized carbons (Fsp3) is 0.417. The average Bonchev–Trinajstić information content (AvgIpc) is 2.31. The molecule has 0 saturated carbocycles. The van der Waals surface area contributed by atoms with E-state index in [4.69, 9.17) is 9.47 Å². The van der Waals surface area contributed by atoms with Gasteiger partial charge in [-0.2, -0.15) is 0 Å². The Bertz CT molecular complexity index is 389. The summed E-state index contributed by atoms with van der Waals surface area (Å²) in [5.74, 6) is -1.06. The first-order valence-electron chi connectivity index (χ1n) is 5.26. The van der Waals surface area contributed by atoms with Crippen molar-refractivity contribution in [2.45, 2.75) is 19.8 Å². The third-order valence-corrected chi connectivity index (χ3v) is 2.38. The standard InChI is InChI=1S/C12H18N2O3/c1-9(15)13-10-7-5-6-8-11(10)14-12(2,16-3)17-4/h5-8,14H,1-4H3,(H,13,15). The monoisotopic (exact) mass is 238 g/mol. The molecule has 17 heavy (non-hydrogen) atoms. The Morgan fingerprint density at radius 1 is 1.18 bits per heavy atom. The molecule has 1 amide bonds. The lowest BCUT2D eigenvalue weighted by Crippen LogP contribution is -2.39. The van der Waals surface area contributed by atoms with E-state index in [1.165, 1.54) is 21.1 Å². The molecule has 1 rings (SSSR count). The molecule has 0 aliphatic rings. The van der Waals surface area contributed by atoms with Gasteiger partial charge >= 0.3 is 0 Å². The van der Waals surface area contributed by atoms with Crippen LogP contribution in [-0.2, 0) is 14.3 Å². The smallest absolute Gasteiger partial charge is 0.245 e. The van der Waals surface area contributed by atoms with Gasteiger partial charge in [0, 0.05) is 28.1 Å². The molecule has 0 bridgehead atoms. The number of carbonyl (C=O) groups excluding carboxylic acids is 1. The molecule has 0 saturated heterocycles. The van der Waals surface area contributed by atoms with Gasteiger partial charge in [0.05, 0.1) is 11.4 Å². The van der Waals surface area contributed by atoms with Crippen LogP contribution in [0.3, 0.4) is 0 Å². The highest BCUT2D eigenvalue weighted by Crippen LogP contribution is 2.25. The number of benzene rings is 1. The predicted molar refractivity (Wildman–Crippen MR) is 66.8 cm³/mol. The molecule has 0 fully saturated rings. The van der Waals surface area contributed by atoms with Crippen LogP contribution in [0.1, 0.15) is 13.8 Å². The molecular formula is C12H18N2O3. The Morgan fingerprint density at radius 2 is 1.71 bits per heavy atom. The maximum Gasteiger partial charge on any atom is 0.245 e. The van der Waals surface area contributed by atoms with Gasteiger partial charge in [-0.05, 0) is 12.1 Å². The fourth-order valence-corrected chi connectivity index (χ4v) is 1.32. The number of carbonyl (C=O) groups is 1. The van der Waals surface area contributed by atoms with Crippen LogP contribution >= 0.6 is 0 Å². The van der Waals surface area contributed by atoms with Crippen LogP contribution in [-0.4, -0.2) is 26.0 Å². The Kier molecular flexibility index (Phi) is 4.48. The minimum Gasteiger partial charge on any atom is -0.336 e. The van der Waals surface area contributed by atoms with Crippen LogP contribution in [0.5, 0.6) is 0 Å². The number of anilines is 2. The van der Waals surface area contributed by atoms with Gasteiger partial charge in [-0.15, -0.1) is 0 Å². The van der Waals surface area contributed by atoms with E-state index in [1.54, 1.807) is 13.0 Å². The molecular weight excluding hydrogens is 220 g/mol. The third-order valence-electron chi connectivity index (χ3n) is 2.38. The molecule has 0 aliphatic heterocycles. The SMILES string of the molecule is COC(C)(Nc1ccccc1NC(C)=O)OC. The zero-order chi connectivity index (χ0) is 12.9. The minimum atomic E-state index is -0.936. The zero-order valence-electron chi connectivity index (χ0n) is 10.5. The normalized spacial score (nSPS) is 11.1. The lowest BCUT2D eigenvalue weighted by atomic mass is 10.2. The quantitative estimate of drug-likeness (QED) is 0.770. The minimum absolute atomic E-state index is 0.129. The molecule has 5 nitrogen and oxygen atoms in total. The first-order valence-corrected chi connectivity index (χ1v) is 5.26. The van der Waals surface area contributed by atoms with Crippen LogP contribution in [0.15, 0.2) is 24.3 Å². The molecule has 2 N–H and O–H groups in total. The van der Waals surface area contributed by atoms with E-state index < -0.39 is 5.91 Å². The second-order valence-electron chi connectivity index (χ2n) is 3.71. The van der Waals surface area contributed by atoms with E-state index in [2.05, 4.69) is 10.6 Å². The largest absolute Gasteiger partial charge is 0.336 e. The second-order valence-corrected chi connectivity index (χ2v) is 3.71. The molecule has 1 aromatic carbocycles. The summed E-state index contributed by atoms with van der Waals surface area (Å²) in [5.41, 5.74) is 1.41. The molecule has 0 heterocycles. The lowest BCUT2D eigenvalue weighted by Gasteiger charge is -2.29. The van der Waals surface area contributed by atoms with Gasteiger partial charge in [0.2, 0.25) is 11.8 Å². The van der Waals surface area contributed by atoms with Crippen molar-refractivity contribution in [3.8, 4) is 0 Å². The van der Waals surface area contributed by atoms with E-state index in [1.807, 2.05) is 18.2 Å². The van der Waals surface area contributed by atoms with E-state index in [-0.39, 0.29) is 5.91 Å². The summed E-state index contributed by atoms with van der Waals surface area (Å²) in [5, 5.41) is 5.80. The Morgan fingerprint density at radius 3 is 2.18 bits per heavy atom. The Labute approximate surface area is 101 Å². The van der Waals surface area contributed by atoms with Crippen molar-refractivity contribution in [2.75, 3.05) is 24.9 Å². The van der Waals surface area contributed by atoms with Crippen molar-refractivity contribution in [2.24, 2.45) is 0 Å². The summed E-state index contributed by atoms with van der Waals surface area (Å²) >= 11 is 0. The molecule has 0 aliphatic carbocycles. The third kappa shape index (κ3) is 3.72. The Hall–Kier alpha value is -1.59. The number of para-hydroxylation sites is 2. The summed E-state index contributed by atoms with van der Waals surface area (Å²) < 4.78 is 10.4. The lowest BCUT2D eigenvalue weighted by molar-refractivity contribution is -0.171. The van der Waals surface area contributed by atoms with Crippen LogP contribution in [0.4, 0.5) is 11.4 Å². The fourth-order valence-electron chi connectivity index (χ4n) is 1.32. The number of ether oxygens (including phenoxy) is 2. The van der Waals surface area contributed by atoms with Crippen molar-refractivity contribution in [3.63, 3.8) is 0 Å². The van der Waals surface area contributed by atoms with Gasteiger partial charge < -0.3 is 20.1 Å². The summed E-state index contributed by atoms with van der Waals surface area (Å²) in [6.45, 7) is 3.21. The summed E-state index contributed by atoms with van der Waals surface area (Å²) in [4.78, 5) is 11.1. The van der Waals surface area contributed by atoms with Crippen molar-refractivity contribution >= 4 is 17.3 Å². The number of nitrogens with one attached hydrogen (secondary N) is 2. The number of amides is 1. The topological polar surface area (TPSA) is 59.6 Å². The first kappa shape index (κ1) is 13.5. The maximum absolute atomic E-state index is 11.1. The Balaban J connectivity index is 2.93. The predicted octanol–water partition coefficient (Wildman–Crippen LogP) is 2.02. The molecule has 0 unspecified atom stereocenters. The molecule has 0 aromatic heterocycles. The van der Waals surface area contributed by atoms with Crippen molar-refractivity contribution in [1.82, 2.24) is 0 Å². The highest BCUT2D eigenvalue weighted by molar-refractivity contribution is 5.92. The molecule has 94 valence electrons. The van der Waals surface area contributed by atoms with Gasteiger partial charge in [0.15, 0.2) is 0 Å². The molecule has 0 spiro atoms. The van der Waals surface area contributed by atoms with Crippen LogP contribution < -0.4 is 10.6 Å². The summed E-state index contributed by atoms with van der Waals surface area (Å²) in [6, 6.07) is 7.34. The number of hydrogen-bond donors (Lipinski definition) is 2. The van der Waals surface area contributed by atoms with Crippen LogP contribution in [0.25, 0.3) is 0 Å². The van der Waals surface area contributed by atoms with Gasteiger partial charge in [0.25, 0.3) is 0 Å². The van der Waals surface area contributed by atoms with Crippen molar-refractivity contribution in [3.05, 3.63) is 24.3 Å². The average molecular weight is 238 g/mol. The van der Waals surface area contributed by atoms with E-state index in [0.29, 0.717) is 5.69 Å². The van der Waals surface area contributed by atoms with Gasteiger partial charge in [-0.25, -0.2) is 0 Å². The van der Waals surface area contributed by atoms with Crippen LogP contribution in [0.2, 0.25) is 0 Å². The summed E-state index contributed by atoms with van der Waals surface area (Å²) in [6.07, 6.45) is 0. The van der Waals surface area contributed by atoms with Gasteiger partial charge in [0.1, 0.15) is 0 Å². The number of methoxy groups -OCH3 is 2. The van der Waals surface area contributed by atoms with E-state index in [9.17, 15) is 4.79 Å². The van der Waals surface area contributed by atoms with Crippen LogP contribution in [0, 0.1) is 0 Å². The van der Waals surface area contributed by atoms with Crippen molar-refractivity contribution < 1.29 is 14.3 Å². The molecule has 0 atom stereocenters. The number of hydrogen-bond acceptors (Lipinski definition) is 4. The molecule has 1 aromatic rings. The number of rotatable bonds is 5. The van der Waals surface area contributed by atoms with E-state index in [0.717, 1.165) is 5.69 Å². The highest BCUT2D eigenvalue weighted by atomic mass is 16.7. The van der Waals surface area contributed by atoms with Gasteiger partial charge in [-0.3, -0.25) is 4.79 Å². The van der Waals surface area contributed by atoms with Crippen molar-refractivity contribution in [1.29, 1.82) is 0 Å². The van der Waals surface area contributed by atoms with E-state index >= 15 is 0 Å². The maximum atomic E-state index is 11.1. The zero-order valence-corrected chi connectivity index (χ0v) is 10.5. The second kappa shape index (κ2) is 5.65. The first-order chi connectivity index (χ1) is 8.00. The molecule has 5 heteroatoms. The molecule has 0 radical (unpaired) electrons. The highest BCUT2D eigenvalue weighted by Gasteiger charge is 2.23. The van der Waals surface area contributed by atoms with Gasteiger partial charge in [-0.1, -0.05) is 12.1 Å².